The van der Waals surface area contributed by atoms with Gasteiger partial charge in [-0.3, -0.25) is 0 Å². The Morgan fingerprint density at radius 2 is 0.443 bits per heavy atom. The Kier molecular flexibility index (Phi) is 9.25. The molecule has 0 aliphatic carbocycles. The predicted molar refractivity (Wildman–Crippen MR) is 297 cm³/mol. The Balaban J connectivity index is 0.847. The van der Waals surface area contributed by atoms with Gasteiger partial charge in [0.05, 0.1) is 22.1 Å². The van der Waals surface area contributed by atoms with E-state index in [2.05, 4.69) is 276 Å². The van der Waals surface area contributed by atoms with Crippen molar-refractivity contribution < 1.29 is 0 Å². The first-order valence-electron chi connectivity index (χ1n) is 24.2. The summed E-state index contributed by atoms with van der Waals surface area (Å²) in [6, 6.07) is 97.9. The van der Waals surface area contributed by atoms with Crippen molar-refractivity contribution in [3.05, 3.63) is 267 Å². The van der Waals surface area contributed by atoms with Gasteiger partial charge in [-0.1, -0.05) is 200 Å². The number of hydrogen-bond donors (Lipinski definition) is 0. The quantitative estimate of drug-likeness (QED) is 0.141. The lowest BCUT2D eigenvalue weighted by Gasteiger charge is -2.18. The molecule has 14 rings (SSSR count). The first kappa shape index (κ1) is 39.9. The molecule has 0 fully saturated rings. The topological polar surface area (TPSA) is 9.86 Å². The molecule has 326 valence electrons. The number of aromatic nitrogens is 2. The van der Waals surface area contributed by atoms with Crippen molar-refractivity contribution in [2.45, 2.75) is 0 Å². The molecule has 2 aromatic heterocycles. The van der Waals surface area contributed by atoms with Gasteiger partial charge in [-0.25, -0.2) is 0 Å². The van der Waals surface area contributed by atoms with E-state index in [1.54, 1.807) is 0 Å². The van der Waals surface area contributed by atoms with Gasteiger partial charge in [-0.05, 0) is 144 Å². The highest BCUT2D eigenvalue weighted by molar-refractivity contribution is 6.21. The number of benzene rings is 12. The van der Waals surface area contributed by atoms with Crippen LogP contribution in [0, 0.1) is 0 Å². The summed E-state index contributed by atoms with van der Waals surface area (Å²) in [5.41, 5.74) is 19.3. The molecule has 2 heterocycles. The molecule has 0 aliphatic heterocycles. The number of rotatable bonds is 7. The summed E-state index contributed by atoms with van der Waals surface area (Å²) in [6.45, 7) is 0. The predicted octanol–water partition coefficient (Wildman–Crippen LogP) is 18.5. The summed E-state index contributed by atoms with van der Waals surface area (Å²) in [6.07, 6.45) is 0. The zero-order chi connectivity index (χ0) is 46.1. The van der Waals surface area contributed by atoms with Crippen LogP contribution >= 0.6 is 0 Å². The molecule has 0 saturated heterocycles. The first-order chi connectivity index (χ1) is 34.7. The lowest BCUT2D eigenvalue weighted by molar-refractivity contribution is 1.18. The number of para-hydroxylation sites is 1. The van der Waals surface area contributed by atoms with Gasteiger partial charge < -0.3 is 9.13 Å². The molecule has 0 bridgehead atoms. The molecule has 0 radical (unpaired) electrons. The van der Waals surface area contributed by atoms with Crippen LogP contribution in [-0.2, 0) is 0 Å². The van der Waals surface area contributed by atoms with Crippen molar-refractivity contribution >= 4 is 65.2 Å². The van der Waals surface area contributed by atoms with Gasteiger partial charge >= 0.3 is 0 Å². The molecule has 12 aromatic carbocycles. The Morgan fingerprint density at radius 3 is 0.857 bits per heavy atom. The van der Waals surface area contributed by atoms with Gasteiger partial charge in [-0.15, -0.1) is 0 Å². The second kappa shape index (κ2) is 16.2. The Labute approximate surface area is 406 Å². The Bertz CT molecular complexity index is 4140. The van der Waals surface area contributed by atoms with Crippen LogP contribution in [0.1, 0.15) is 0 Å². The number of hydrogen-bond acceptors (Lipinski definition) is 0. The summed E-state index contributed by atoms with van der Waals surface area (Å²) in [5.74, 6) is 0. The second-order valence-corrected chi connectivity index (χ2v) is 18.4. The monoisotopic (exact) mass is 888 g/mol. The fourth-order valence-electron chi connectivity index (χ4n) is 11.3. The fraction of sp³-hybridized carbons (Fsp3) is 0. The average molecular weight is 889 g/mol. The van der Waals surface area contributed by atoms with Crippen LogP contribution in [0.15, 0.2) is 267 Å². The summed E-state index contributed by atoms with van der Waals surface area (Å²) in [5, 5.41) is 10.0. The van der Waals surface area contributed by atoms with Crippen molar-refractivity contribution in [1.29, 1.82) is 0 Å². The standard InChI is InChI=1S/C68H44N2/c1-4-16-45(17-5-1)50-32-40-65-61(43-50)62-44-51(46-18-6-2-7-19-46)33-41-66(62)70(65)53-35-28-47(29-36-53)52-34-39-64-60(42-52)55-22-14-15-27-63(55)69(64)54-37-30-49(31-38-54)68-58-25-12-10-23-56(58)67(48-20-8-3-9-21-48)57-24-11-13-26-59(57)68/h1-44H. The van der Waals surface area contributed by atoms with Gasteiger partial charge in [0.25, 0.3) is 0 Å². The third-order valence-electron chi connectivity index (χ3n) is 14.5. The van der Waals surface area contributed by atoms with Crippen molar-refractivity contribution in [2.75, 3.05) is 0 Å². The minimum Gasteiger partial charge on any atom is -0.309 e. The molecule has 0 aliphatic rings. The summed E-state index contributed by atoms with van der Waals surface area (Å²) in [7, 11) is 0. The summed E-state index contributed by atoms with van der Waals surface area (Å²) < 4.78 is 4.84. The van der Waals surface area contributed by atoms with Crippen molar-refractivity contribution in [3.8, 4) is 67.0 Å². The highest BCUT2D eigenvalue weighted by Gasteiger charge is 2.19. The molecule has 0 unspecified atom stereocenters. The third-order valence-corrected chi connectivity index (χ3v) is 14.5. The van der Waals surface area contributed by atoms with Crippen LogP contribution in [0.4, 0.5) is 0 Å². The maximum absolute atomic E-state index is 2.42. The van der Waals surface area contributed by atoms with Gasteiger partial charge in [0.1, 0.15) is 0 Å². The summed E-state index contributed by atoms with van der Waals surface area (Å²) in [4.78, 5) is 0. The van der Waals surface area contributed by atoms with E-state index in [4.69, 9.17) is 0 Å². The third kappa shape index (κ3) is 6.42. The SMILES string of the molecule is c1ccc(-c2ccc3c(c2)c2cc(-c4ccccc4)ccc2n3-c2ccc(-c3ccc4c(c3)c3ccccc3n4-c3ccc(-c4c5ccccc5c(-c5ccccc5)c5ccccc45)cc3)cc2)cc1. The van der Waals surface area contributed by atoms with Crippen LogP contribution in [0.3, 0.4) is 0 Å². The zero-order valence-corrected chi connectivity index (χ0v) is 38.3. The van der Waals surface area contributed by atoms with Crippen LogP contribution in [0.5, 0.6) is 0 Å². The van der Waals surface area contributed by atoms with Crippen LogP contribution in [-0.4, -0.2) is 9.13 Å². The van der Waals surface area contributed by atoms with E-state index in [0.29, 0.717) is 0 Å². The lowest BCUT2D eigenvalue weighted by Crippen LogP contribution is -1.95. The van der Waals surface area contributed by atoms with E-state index in [9.17, 15) is 0 Å². The maximum Gasteiger partial charge on any atom is 0.0541 e. The fourth-order valence-corrected chi connectivity index (χ4v) is 11.3. The Hall–Kier alpha value is -9.24. The molecular formula is C68H44N2. The molecule has 2 nitrogen and oxygen atoms in total. The smallest absolute Gasteiger partial charge is 0.0541 e. The molecule has 0 atom stereocenters. The average Bonchev–Trinajstić information content (AvgIpc) is 3.95. The minimum atomic E-state index is 1.14. The van der Waals surface area contributed by atoms with E-state index in [1.807, 2.05) is 0 Å². The molecule has 0 amide bonds. The van der Waals surface area contributed by atoms with Crippen LogP contribution in [0.2, 0.25) is 0 Å². The minimum absolute atomic E-state index is 1.14. The maximum atomic E-state index is 2.42. The van der Waals surface area contributed by atoms with Crippen molar-refractivity contribution in [1.82, 2.24) is 9.13 Å². The van der Waals surface area contributed by atoms with Crippen molar-refractivity contribution in [2.24, 2.45) is 0 Å². The van der Waals surface area contributed by atoms with Gasteiger partial charge in [0.2, 0.25) is 0 Å². The van der Waals surface area contributed by atoms with E-state index in [1.165, 1.54) is 121 Å². The van der Waals surface area contributed by atoms with Crippen LogP contribution in [0.25, 0.3) is 132 Å². The molecule has 2 heteroatoms. The van der Waals surface area contributed by atoms with Crippen LogP contribution < -0.4 is 0 Å². The molecule has 14 aromatic rings. The lowest BCUT2D eigenvalue weighted by atomic mass is 9.86. The second-order valence-electron chi connectivity index (χ2n) is 18.4. The highest BCUT2D eigenvalue weighted by Crippen LogP contribution is 2.45. The normalized spacial score (nSPS) is 11.7. The summed E-state index contributed by atoms with van der Waals surface area (Å²) >= 11 is 0. The van der Waals surface area contributed by atoms with E-state index in [-0.39, 0.29) is 0 Å². The van der Waals surface area contributed by atoms with E-state index < -0.39 is 0 Å². The van der Waals surface area contributed by atoms with Gasteiger partial charge in [0, 0.05) is 32.9 Å². The number of fused-ring (bicyclic) bond motifs is 8. The number of nitrogens with zero attached hydrogens (tertiary/aromatic N) is 2. The molecule has 0 saturated carbocycles. The molecule has 0 spiro atoms. The molecule has 70 heavy (non-hydrogen) atoms. The van der Waals surface area contributed by atoms with Gasteiger partial charge in [-0.2, -0.15) is 0 Å². The highest BCUT2D eigenvalue weighted by atomic mass is 15.0. The first-order valence-corrected chi connectivity index (χ1v) is 24.2. The Morgan fingerprint density at radius 1 is 0.171 bits per heavy atom. The largest absolute Gasteiger partial charge is 0.309 e. The van der Waals surface area contributed by atoms with Crippen molar-refractivity contribution in [3.63, 3.8) is 0 Å². The molecule has 0 N–H and O–H groups in total. The zero-order valence-electron chi connectivity index (χ0n) is 38.3. The van der Waals surface area contributed by atoms with Gasteiger partial charge in [0.15, 0.2) is 0 Å². The molecular weight excluding hydrogens is 845 g/mol. The van der Waals surface area contributed by atoms with E-state index >= 15 is 0 Å². The van der Waals surface area contributed by atoms with E-state index in [0.717, 1.165) is 11.4 Å².